The summed E-state index contributed by atoms with van der Waals surface area (Å²) in [5, 5.41) is 9.39. The maximum Gasteiger partial charge on any atom is 0.267 e. The van der Waals surface area contributed by atoms with Gasteiger partial charge in [0.2, 0.25) is 0 Å². The number of amides is 2. The van der Waals surface area contributed by atoms with Crippen LogP contribution < -0.4 is 10.6 Å². The highest BCUT2D eigenvalue weighted by Crippen LogP contribution is 2.21. The predicted molar refractivity (Wildman–Crippen MR) is 85.4 cm³/mol. The Balaban J connectivity index is 1.85. The predicted octanol–water partition coefficient (Wildman–Crippen LogP) is 1.60. The van der Waals surface area contributed by atoms with Crippen molar-refractivity contribution in [3.63, 3.8) is 0 Å². The minimum atomic E-state index is -0.236. The van der Waals surface area contributed by atoms with E-state index in [1.165, 1.54) is 0 Å². The van der Waals surface area contributed by atoms with E-state index in [0.29, 0.717) is 35.8 Å². The lowest BCUT2D eigenvalue weighted by molar-refractivity contribution is 0.0921. The van der Waals surface area contributed by atoms with Gasteiger partial charge in [0.05, 0.1) is 5.69 Å². The van der Waals surface area contributed by atoms with Gasteiger partial charge in [-0.15, -0.1) is 0 Å². The third-order valence-corrected chi connectivity index (χ3v) is 3.51. The normalized spacial score (nSPS) is 10.8. The molecule has 0 unspecified atom stereocenters. The Morgan fingerprint density at radius 2 is 1.91 bits per heavy atom. The molecule has 0 atom stereocenters. The molecule has 2 N–H and O–H groups in total. The largest absolute Gasteiger partial charge is 0.360 e. The van der Waals surface area contributed by atoms with Gasteiger partial charge in [-0.1, -0.05) is 19.0 Å². The van der Waals surface area contributed by atoms with Crippen LogP contribution in [0.1, 0.15) is 52.1 Å². The van der Waals surface area contributed by atoms with E-state index in [1.54, 1.807) is 36.9 Å². The van der Waals surface area contributed by atoms with Crippen LogP contribution in [0.5, 0.6) is 0 Å². The Kier molecular flexibility index (Phi) is 5.20. The van der Waals surface area contributed by atoms with Gasteiger partial charge in [-0.25, -0.2) is 0 Å². The maximum absolute atomic E-state index is 12.3. The number of carbonyl (C=O) groups is 2. The van der Waals surface area contributed by atoms with Gasteiger partial charge in [-0.3, -0.25) is 9.59 Å². The highest BCUT2D eigenvalue weighted by Gasteiger charge is 2.22. The number of aryl methyl sites for hydroxylation is 2. The lowest BCUT2D eigenvalue weighted by Gasteiger charge is -2.08. The highest BCUT2D eigenvalue weighted by molar-refractivity contribution is 5.96. The lowest BCUT2D eigenvalue weighted by Crippen LogP contribution is -2.35. The van der Waals surface area contributed by atoms with E-state index in [1.807, 2.05) is 13.8 Å². The summed E-state index contributed by atoms with van der Waals surface area (Å²) < 4.78 is 6.94. The van der Waals surface area contributed by atoms with Crippen molar-refractivity contribution in [2.45, 2.75) is 26.7 Å². The molecule has 0 fully saturated rings. The quantitative estimate of drug-likeness (QED) is 0.792. The zero-order valence-electron chi connectivity index (χ0n) is 13.8. The second-order valence-electron chi connectivity index (χ2n) is 5.68. The average molecular weight is 318 g/mol. The van der Waals surface area contributed by atoms with Crippen LogP contribution >= 0.6 is 0 Å². The molecule has 23 heavy (non-hydrogen) atoms. The fourth-order valence-electron chi connectivity index (χ4n) is 2.29. The van der Waals surface area contributed by atoms with Crippen LogP contribution in [0.25, 0.3) is 0 Å². The fraction of sp³-hybridized carbons (Fsp3) is 0.438. The molecule has 2 heterocycles. The molecule has 2 amide bonds. The van der Waals surface area contributed by atoms with Gasteiger partial charge in [0, 0.05) is 32.3 Å². The summed E-state index contributed by atoms with van der Waals surface area (Å²) in [5.41, 5.74) is 1.63. The zero-order valence-corrected chi connectivity index (χ0v) is 13.8. The van der Waals surface area contributed by atoms with E-state index in [9.17, 15) is 9.59 Å². The molecular weight excluding hydrogens is 296 g/mol. The SMILES string of the molecule is Cc1noc(C(C)C)c1C(=O)NCCNC(=O)c1cccn1C. The van der Waals surface area contributed by atoms with Crippen LogP contribution in [0.15, 0.2) is 22.9 Å². The zero-order chi connectivity index (χ0) is 17.0. The third kappa shape index (κ3) is 3.80. The molecule has 124 valence electrons. The lowest BCUT2D eigenvalue weighted by atomic mass is 10.0. The molecule has 2 rings (SSSR count). The summed E-state index contributed by atoms with van der Waals surface area (Å²) in [7, 11) is 1.80. The highest BCUT2D eigenvalue weighted by atomic mass is 16.5. The topological polar surface area (TPSA) is 89.2 Å². The molecule has 0 spiro atoms. The minimum Gasteiger partial charge on any atom is -0.360 e. The monoisotopic (exact) mass is 318 g/mol. The molecule has 7 nitrogen and oxygen atoms in total. The first-order valence-corrected chi connectivity index (χ1v) is 7.55. The van der Waals surface area contributed by atoms with Crippen molar-refractivity contribution >= 4 is 11.8 Å². The molecule has 0 aliphatic carbocycles. The van der Waals surface area contributed by atoms with Gasteiger partial charge in [0.15, 0.2) is 5.76 Å². The Bertz CT molecular complexity index is 700. The smallest absolute Gasteiger partial charge is 0.267 e. The van der Waals surface area contributed by atoms with E-state index in [2.05, 4.69) is 15.8 Å². The Labute approximate surface area is 135 Å². The summed E-state index contributed by atoms with van der Waals surface area (Å²) in [5.74, 6) is 0.248. The fourth-order valence-corrected chi connectivity index (χ4v) is 2.29. The van der Waals surface area contributed by atoms with Crippen molar-refractivity contribution in [1.29, 1.82) is 0 Å². The second-order valence-corrected chi connectivity index (χ2v) is 5.68. The van der Waals surface area contributed by atoms with Gasteiger partial charge in [0.1, 0.15) is 11.3 Å². The summed E-state index contributed by atoms with van der Waals surface area (Å²) in [4.78, 5) is 24.2. The number of aromatic nitrogens is 2. The van der Waals surface area contributed by atoms with E-state index >= 15 is 0 Å². The number of carbonyl (C=O) groups excluding carboxylic acids is 2. The van der Waals surface area contributed by atoms with Crippen molar-refractivity contribution in [3.05, 3.63) is 41.0 Å². The van der Waals surface area contributed by atoms with Crippen LogP contribution in [0.2, 0.25) is 0 Å². The molecule has 2 aromatic rings. The molecule has 0 bridgehead atoms. The summed E-state index contributed by atoms with van der Waals surface area (Å²) in [6.07, 6.45) is 1.80. The molecule has 0 saturated heterocycles. The van der Waals surface area contributed by atoms with Crippen LogP contribution in [-0.2, 0) is 7.05 Å². The summed E-state index contributed by atoms with van der Waals surface area (Å²) >= 11 is 0. The van der Waals surface area contributed by atoms with Gasteiger partial charge in [-0.2, -0.15) is 0 Å². The average Bonchev–Trinajstić information content (AvgIpc) is 3.09. The maximum atomic E-state index is 12.3. The van der Waals surface area contributed by atoms with Crippen molar-refractivity contribution in [2.24, 2.45) is 7.05 Å². The molecule has 0 radical (unpaired) electrons. The second kappa shape index (κ2) is 7.13. The number of nitrogens with one attached hydrogen (secondary N) is 2. The first-order valence-electron chi connectivity index (χ1n) is 7.55. The first-order chi connectivity index (χ1) is 10.9. The third-order valence-electron chi connectivity index (χ3n) is 3.51. The molecule has 0 aromatic carbocycles. The number of nitrogens with zero attached hydrogens (tertiary/aromatic N) is 2. The van der Waals surface area contributed by atoms with Crippen molar-refractivity contribution in [2.75, 3.05) is 13.1 Å². The minimum absolute atomic E-state index is 0.0778. The summed E-state index contributed by atoms with van der Waals surface area (Å²) in [6.45, 7) is 6.29. The van der Waals surface area contributed by atoms with Crippen LogP contribution in [0.4, 0.5) is 0 Å². The van der Waals surface area contributed by atoms with Crippen LogP contribution in [-0.4, -0.2) is 34.6 Å². The molecule has 7 heteroatoms. The first kappa shape index (κ1) is 16.8. The van der Waals surface area contributed by atoms with E-state index in [-0.39, 0.29) is 17.7 Å². The number of hydrogen-bond donors (Lipinski definition) is 2. The van der Waals surface area contributed by atoms with Crippen LogP contribution in [0.3, 0.4) is 0 Å². The van der Waals surface area contributed by atoms with E-state index in [0.717, 1.165) is 0 Å². The Morgan fingerprint density at radius 3 is 2.48 bits per heavy atom. The van der Waals surface area contributed by atoms with Crippen molar-refractivity contribution in [1.82, 2.24) is 20.4 Å². The number of hydrogen-bond acceptors (Lipinski definition) is 4. The van der Waals surface area contributed by atoms with E-state index < -0.39 is 0 Å². The van der Waals surface area contributed by atoms with Gasteiger partial charge < -0.3 is 19.7 Å². The van der Waals surface area contributed by atoms with Crippen molar-refractivity contribution < 1.29 is 14.1 Å². The van der Waals surface area contributed by atoms with Gasteiger partial charge in [-0.05, 0) is 19.1 Å². The molecule has 0 saturated carbocycles. The molecule has 0 aliphatic rings. The standard InChI is InChI=1S/C16H22N4O3/c1-10(2)14-13(11(3)19-23-14)16(22)18-8-7-17-15(21)12-6-5-9-20(12)4/h5-6,9-10H,7-8H2,1-4H3,(H,17,21)(H,18,22). The van der Waals surface area contributed by atoms with Gasteiger partial charge >= 0.3 is 0 Å². The Morgan fingerprint density at radius 1 is 1.26 bits per heavy atom. The summed E-state index contributed by atoms with van der Waals surface area (Å²) in [6, 6.07) is 3.54. The van der Waals surface area contributed by atoms with Gasteiger partial charge in [0.25, 0.3) is 11.8 Å². The van der Waals surface area contributed by atoms with E-state index in [4.69, 9.17) is 4.52 Å². The molecule has 2 aromatic heterocycles. The van der Waals surface area contributed by atoms with Crippen molar-refractivity contribution in [3.8, 4) is 0 Å². The Hall–Kier alpha value is -2.57. The molecular formula is C16H22N4O3. The molecule has 0 aliphatic heterocycles. The van der Waals surface area contributed by atoms with Crippen LogP contribution in [0, 0.1) is 6.92 Å². The number of rotatable bonds is 6.